The van der Waals surface area contributed by atoms with Crippen molar-refractivity contribution in [2.45, 2.75) is 11.8 Å². The summed E-state index contributed by atoms with van der Waals surface area (Å²) in [6.45, 7) is 1.84. The molecule has 1 aromatic heterocycles. The molecule has 6 nitrogen and oxygen atoms in total. The molecule has 0 fully saturated rings. The lowest BCUT2D eigenvalue weighted by atomic mass is 10.2. The number of sulfonamides is 1. The Morgan fingerprint density at radius 1 is 0.833 bits per heavy atom. The average Bonchev–Trinajstić information content (AvgIpc) is 2.57. The van der Waals surface area contributed by atoms with E-state index in [2.05, 4.69) is 20.2 Å². The van der Waals surface area contributed by atoms with Gasteiger partial charge in [0, 0.05) is 5.69 Å². The molecule has 0 saturated heterocycles. The van der Waals surface area contributed by atoms with E-state index in [0.717, 1.165) is 11.3 Å². The van der Waals surface area contributed by atoms with Crippen molar-refractivity contribution in [3.63, 3.8) is 0 Å². The van der Waals surface area contributed by atoms with Crippen molar-refractivity contribution in [2.24, 2.45) is 0 Å². The molecule has 24 heavy (non-hydrogen) atoms. The first-order valence-corrected chi connectivity index (χ1v) is 8.76. The fraction of sp³-hybridized carbons (Fsp3) is 0.0588. The molecule has 0 aliphatic rings. The molecule has 122 valence electrons. The number of nitrogens with one attached hydrogen (secondary N) is 2. The van der Waals surface area contributed by atoms with Crippen LogP contribution in [0.5, 0.6) is 0 Å². The third-order valence-electron chi connectivity index (χ3n) is 3.25. The van der Waals surface area contributed by atoms with Crippen LogP contribution in [0.2, 0.25) is 0 Å². The van der Waals surface area contributed by atoms with Gasteiger partial charge in [-0.3, -0.25) is 4.72 Å². The van der Waals surface area contributed by atoms with Crippen molar-refractivity contribution in [3.05, 3.63) is 72.3 Å². The summed E-state index contributed by atoms with van der Waals surface area (Å²) in [5.41, 5.74) is 1.74. The largest absolute Gasteiger partial charge is 0.339 e. The number of aromatic nitrogens is 2. The Hall–Kier alpha value is -2.93. The number of para-hydroxylation sites is 1. The lowest BCUT2D eigenvalue weighted by molar-refractivity contribution is 0.601. The first-order valence-electron chi connectivity index (χ1n) is 7.28. The van der Waals surface area contributed by atoms with Gasteiger partial charge in [0.15, 0.2) is 11.6 Å². The Morgan fingerprint density at radius 3 is 2.21 bits per heavy atom. The molecular formula is C17H16N4O2S. The van der Waals surface area contributed by atoms with Crippen molar-refractivity contribution in [1.29, 1.82) is 0 Å². The van der Waals surface area contributed by atoms with E-state index in [4.69, 9.17) is 0 Å². The van der Waals surface area contributed by atoms with Gasteiger partial charge in [-0.25, -0.2) is 8.42 Å². The summed E-state index contributed by atoms with van der Waals surface area (Å²) in [6, 6.07) is 19.4. The van der Waals surface area contributed by atoms with Gasteiger partial charge in [-0.05, 0) is 48.9 Å². The highest BCUT2D eigenvalue weighted by atomic mass is 32.2. The van der Waals surface area contributed by atoms with E-state index in [1.807, 2.05) is 43.3 Å². The van der Waals surface area contributed by atoms with Crippen LogP contribution in [0.3, 0.4) is 0 Å². The third kappa shape index (κ3) is 3.88. The average molecular weight is 340 g/mol. The fourth-order valence-electron chi connectivity index (χ4n) is 2.10. The maximum atomic E-state index is 12.3. The summed E-state index contributed by atoms with van der Waals surface area (Å²) in [6.07, 6.45) is 0. The summed E-state index contributed by atoms with van der Waals surface area (Å²) >= 11 is 0. The van der Waals surface area contributed by atoms with E-state index in [1.165, 1.54) is 6.07 Å². The van der Waals surface area contributed by atoms with E-state index < -0.39 is 10.0 Å². The Bertz CT molecular complexity index is 926. The van der Waals surface area contributed by atoms with E-state index in [1.54, 1.807) is 24.3 Å². The summed E-state index contributed by atoms with van der Waals surface area (Å²) in [4.78, 5) is 0.191. The molecule has 0 atom stereocenters. The van der Waals surface area contributed by atoms with Crippen molar-refractivity contribution in [3.8, 4) is 0 Å². The molecule has 0 saturated carbocycles. The van der Waals surface area contributed by atoms with Crippen LogP contribution in [0.4, 0.5) is 17.3 Å². The van der Waals surface area contributed by atoms with Gasteiger partial charge < -0.3 is 5.32 Å². The summed E-state index contributed by atoms with van der Waals surface area (Å²) in [5, 5.41) is 11.0. The van der Waals surface area contributed by atoms with Gasteiger partial charge >= 0.3 is 0 Å². The number of nitrogens with zero attached hydrogens (tertiary/aromatic N) is 2. The second kappa shape index (κ2) is 6.67. The molecule has 0 radical (unpaired) electrons. The highest BCUT2D eigenvalue weighted by Crippen LogP contribution is 2.17. The molecule has 3 rings (SSSR count). The zero-order valence-electron chi connectivity index (χ0n) is 13.0. The van der Waals surface area contributed by atoms with Crippen LogP contribution in [0, 0.1) is 6.92 Å². The van der Waals surface area contributed by atoms with Crippen molar-refractivity contribution in [2.75, 3.05) is 10.0 Å². The molecule has 2 aromatic carbocycles. The van der Waals surface area contributed by atoms with Crippen molar-refractivity contribution in [1.82, 2.24) is 10.2 Å². The van der Waals surface area contributed by atoms with Gasteiger partial charge in [0.05, 0.1) is 4.90 Å². The van der Waals surface area contributed by atoms with Crippen molar-refractivity contribution < 1.29 is 8.42 Å². The number of benzene rings is 2. The molecule has 0 spiro atoms. The van der Waals surface area contributed by atoms with Crippen LogP contribution in [0.15, 0.2) is 71.6 Å². The summed E-state index contributed by atoms with van der Waals surface area (Å²) < 4.78 is 27.1. The minimum Gasteiger partial charge on any atom is -0.339 e. The monoisotopic (exact) mass is 340 g/mol. The standard InChI is InChI=1S/C17H16N4O2S/c1-13-6-5-9-15(12-13)24(22,23)21-17-11-10-16(19-20-17)18-14-7-3-2-4-8-14/h2-12H,1H3,(H,18,19)(H,20,21). The fourth-order valence-corrected chi connectivity index (χ4v) is 3.20. The molecular weight excluding hydrogens is 324 g/mol. The zero-order valence-corrected chi connectivity index (χ0v) is 13.8. The maximum absolute atomic E-state index is 12.3. The van der Waals surface area contributed by atoms with Gasteiger partial charge in [0.25, 0.3) is 10.0 Å². The van der Waals surface area contributed by atoms with E-state index >= 15 is 0 Å². The Morgan fingerprint density at radius 2 is 1.54 bits per heavy atom. The maximum Gasteiger partial charge on any atom is 0.263 e. The van der Waals surface area contributed by atoms with Crippen LogP contribution < -0.4 is 10.0 Å². The Labute approximate surface area is 140 Å². The lowest BCUT2D eigenvalue weighted by Gasteiger charge is -2.08. The summed E-state index contributed by atoms with van der Waals surface area (Å²) in [7, 11) is -3.68. The SMILES string of the molecule is Cc1cccc(S(=O)(=O)Nc2ccc(Nc3ccccc3)nn2)c1. The second-order valence-electron chi connectivity index (χ2n) is 5.22. The third-order valence-corrected chi connectivity index (χ3v) is 4.60. The minimum absolute atomic E-state index is 0.162. The predicted octanol–water partition coefficient (Wildman–Crippen LogP) is 3.33. The molecule has 0 bridgehead atoms. The molecule has 0 aliphatic carbocycles. The molecule has 1 heterocycles. The Kier molecular flexibility index (Phi) is 4.43. The molecule has 0 amide bonds. The number of anilines is 3. The van der Waals surface area contributed by atoms with Crippen LogP contribution in [-0.2, 0) is 10.0 Å². The molecule has 2 N–H and O–H groups in total. The quantitative estimate of drug-likeness (QED) is 0.744. The topological polar surface area (TPSA) is 84.0 Å². The highest BCUT2D eigenvalue weighted by Gasteiger charge is 2.15. The number of hydrogen-bond acceptors (Lipinski definition) is 5. The van der Waals surface area contributed by atoms with Gasteiger partial charge in [0.2, 0.25) is 0 Å². The first-order chi connectivity index (χ1) is 11.5. The number of aryl methyl sites for hydroxylation is 1. The first kappa shape index (κ1) is 15.9. The molecule has 0 unspecified atom stereocenters. The van der Waals surface area contributed by atoms with Gasteiger partial charge in [-0.2, -0.15) is 0 Å². The minimum atomic E-state index is -3.68. The van der Waals surface area contributed by atoms with Crippen LogP contribution in [0.1, 0.15) is 5.56 Å². The predicted molar refractivity (Wildman–Crippen MR) is 93.7 cm³/mol. The molecule has 3 aromatic rings. The second-order valence-corrected chi connectivity index (χ2v) is 6.90. The van der Waals surface area contributed by atoms with E-state index in [9.17, 15) is 8.42 Å². The zero-order chi connectivity index (χ0) is 17.0. The smallest absolute Gasteiger partial charge is 0.263 e. The Balaban J connectivity index is 1.74. The molecule has 7 heteroatoms. The summed E-state index contributed by atoms with van der Waals surface area (Å²) in [5.74, 6) is 0.690. The van der Waals surface area contributed by atoms with Gasteiger partial charge in [0.1, 0.15) is 0 Å². The number of hydrogen-bond donors (Lipinski definition) is 2. The van der Waals surface area contributed by atoms with Crippen LogP contribution in [-0.4, -0.2) is 18.6 Å². The van der Waals surface area contributed by atoms with E-state index in [0.29, 0.717) is 5.82 Å². The number of rotatable bonds is 5. The van der Waals surface area contributed by atoms with Crippen LogP contribution in [0.25, 0.3) is 0 Å². The lowest BCUT2D eigenvalue weighted by Crippen LogP contribution is -2.14. The normalized spacial score (nSPS) is 11.0. The highest BCUT2D eigenvalue weighted by molar-refractivity contribution is 7.92. The van der Waals surface area contributed by atoms with Gasteiger partial charge in [-0.15, -0.1) is 10.2 Å². The van der Waals surface area contributed by atoms with Crippen molar-refractivity contribution >= 4 is 27.3 Å². The van der Waals surface area contributed by atoms with E-state index in [-0.39, 0.29) is 10.7 Å². The van der Waals surface area contributed by atoms with Gasteiger partial charge in [-0.1, -0.05) is 30.3 Å². The van der Waals surface area contributed by atoms with Crippen LogP contribution >= 0.6 is 0 Å². The molecule has 0 aliphatic heterocycles.